The van der Waals surface area contributed by atoms with Gasteiger partial charge in [-0.3, -0.25) is 9.80 Å². The second-order valence-corrected chi connectivity index (χ2v) is 11.7. The van der Waals surface area contributed by atoms with Gasteiger partial charge in [-0.05, 0) is 61.2 Å². The highest BCUT2D eigenvalue weighted by Crippen LogP contribution is 2.43. The number of hydrogen-bond donors (Lipinski definition) is 0. The molecule has 1 aliphatic heterocycles. The molecular weight excluding hydrogens is 455 g/mol. The van der Waals surface area contributed by atoms with E-state index in [0.29, 0.717) is 15.8 Å². The van der Waals surface area contributed by atoms with E-state index in [1.165, 1.54) is 19.1 Å². The first-order valence-corrected chi connectivity index (χ1v) is 13.4. The molecule has 2 atom stereocenters. The summed E-state index contributed by atoms with van der Waals surface area (Å²) in [5.74, 6) is 0.642. The van der Waals surface area contributed by atoms with Gasteiger partial charge < -0.3 is 4.74 Å². The topological polar surface area (TPSA) is 49.9 Å². The number of sulfone groups is 1. The zero-order chi connectivity index (χ0) is 21.8. The van der Waals surface area contributed by atoms with Crippen LogP contribution in [0.4, 0.5) is 0 Å². The van der Waals surface area contributed by atoms with Gasteiger partial charge >= 0.3 is 0 Å². The lowest BCUT2D eigenvalue weighted by Crippen LogP contribution is -2.52. The van der Waals surface area contributed by atoms with Crippen molar-refractivity contribution < 1.29 is 13.2 Å². The van der Waals surface area contributed by atoms with Crippen LogP contribution in [0.15, 0.2) is 41.3 Å². The third-order valence-electron chi connectivity index (χ3n) is 6.66. The summed E-state index contributed by atoms with van der Waals surface area (Å²) in [6.45, 7) is 4.18. The fourth-order valence-corrected chi connectivity index (χ4v) is 6.08. The largest absolute Gasteiger partial charge is 0.484 e. The molecule has 0 bridgehead atoms. The van der Waals surface area contributed by atoms with Crippen LogP contribution in [0.1, 0.15) is 30.1 Å². The van der Waals surface area contributed by atoms with Crippen LogP contribution in [0.5, 0.6) is 5.75 Å². The van der Waals surface area contributed by atoms with Crippen molar-refractivity contribution in [3.05, 3.63) is 57.6 Å². The Labute approximate surface area is 193 Å². The number of fused-ring (bicyclic) bond motifs is 1. The average Bonchev–Trinajstić information content (AvgIpc) is 3.51. The minimum absolute atomic E-state index is 0.168. The van der Waals surface area contributed by atoms with Crippen LogP contribution in [0, 0.1) is 0 Å². The maximum atomic E-state index is 11.8. The van der Waals surface area contributed by atoms with E-state index in [2.05, 4.69) is 9.80 Å². The van der Waals surface area contributed by atoms with E-state index in [1.54, 1.807) is 30.3 Å². The Kier molecular flexibility index (Phi) is 5.72. The molecule has 8 heteroatoms. The van der Waals surface area contributed by atoms with Crippen LogP contribution in [0.25, 0.3) is 0 Å². The monoisotopic (exact) mass is 480 g/mol. The van der Waals surface area contributed by atoms with Gasteiger partial charge in [0.15, 0.2) is 9.84 Å². The highest BCUT2D eigenvalue weighted by Gasteiger charge is 2.41. The number of hydrogen-bond acceptors (Lipinski definition) is 5. The summed E-state index contributed by atoms with van der Waals surface area (Å²) in [4.78, 5) is 5.39. The minimum Gasteiger partial charge on any atom is -0.484 e. The lowest BCUT2D eigenvalue weighted by Gasteiger charge is -2.40. The van der Waals surface area contributed by atoms with E-state index in [0.717, 1.165) is 49.8 Å². The van der Waals surface area contributed by atoms with Gasteiger partial charge in [-0.25, -0.2) is 8.42 Å². The first-order chi connectivity index (χ1) is 14.8. The van der Waals surface area contributed by atoms with Gasteiger partial charge in [0.25, 0.3) is 0 Å². The Morgan fingerprint density at radius 1 is 0.968 bits per heavy atom. The molecule has 5 rings (SSSR count). The van der Waals surface area contributed by atoms with Crippen molar-refractivity contribution in [2.75, 3.05) is 32.4 Å². The minimum atomic E-state index is -3.25. The molecule has 2 aliphatic carbocycles. The number of halogens is 2. The standard InChI is InChI=1S/C23H26Cl2N2O3S/c1-31(28,29)18-6-4-17(5-7-18)30-23-20-12-15(24)13-21(25)19(20)14-22(23)27-10-8-26(9-11-27)16-2-3-16/h4-7,12-13,16,22-23H,2-3,8-11,14H2,1H3/t22-,23+/m0/s1. The van der Waals surface area contributed by atoms with E-state index in [9.17, 15) is 8.42 Å². The van der Waals surface area contributed by atoms with Crippen LogP contribution in [0.2, 0.25) is 10.0 Å². The highest BCUT2D eigenvalue weighted by molar-refractivity contribution is 7.90. The maximum absolute atomic E-state index is 11.8. The smallest absolute Gasteiger partial charge is 0.175 e. The molecule has 0 N–H and O–H groups in total. The molecule has 1 heterocycles. The number of ether oxygens (including phenoxy) is 1. The van der Waals surface area contributed by atoms with Crippen molar-refractivity contribution in [3.63, 3.8) is 0 Å². The Morgan fingerprint density at radius 3 is 2.23 bits per heavy atom. The predicted molar refractivity (Wildman–Crippen MR) is 123 cm³/mol. The quantitative estimate of drug-likeness (QED) is 0.640. The van der Waals surface area contributed by atoms with E-state index in [4.69, 9.17) is 27.9 Å². The summed E-state index contributed by atoms with van der Waals surface area (Å²) in [6.07, 6.45) is 4.48. The van der Waals surface area contributed by atoms with Crippen molar-refractivity contribution in [1.82, 2.24) is 9.80 Å². The fraction of sp³-hybridized carbons (Fsp3) is 0.478. The van der Waals surface area contributed by atoms with Crippen LogP contribution in [-0.4, -0.2) is 62.7 Å². The van der Waals surface area contributed by atoms with E-state index >= 15 is 0 Å². The first kappa shape index (κ1) is 21.5. The van der Waals surface area contributed by atoms with Gasteiger partial charge in [0.1, 0.15) is 11.9 Å². The lowest BCUT2D eigenvalue weighted by atomic mass is 10.1. The summed E-state index contributed by atoms with van der Waals surface area (Å²) in [6, 6.07) is 11.3. The van der Waals surface area contributed by atoms with Crippen molar-refractivity contribution in [2.45, 2.75) is 42.3 Å². The van der Waals surface area contributed by atoms with Gasteiger partial charge in [-0.2, -0.15) is 0 Å². The van der Waals surface area contributed by atoms with Gasteiger partial charge in [0, 0.05) is 54.1 Å². The molecule has 0 radical (unpaired) electrons. The number of rotatable bonds is 5. The third-order valence-corrected chi connectivity index (χ3v) is 8.34. The summed E-state index contributed by atoms with van der Waals surface area (Å²) >= 11 is 12.9. The van der Waals surface area contributed by atoms with Crippen molar-refractivity contribution in [2.24, 2.45) is 0 Å². The van der Waals surface area contributed by atoms with Crippen LogP contribution in [-0.2, 0) is 16.3 Å². The zero-order valence-electron chi connectivity index (χ0n) is 17.4. The fourth-order valence-electron chi connectivity index (χ4n) is 4.86. The zero-order valence-corrected chi connectivity index (χ0v) is 19.8. The molecule has 0 unspecified atom stereocenters. The van der Waals surface area contributed by atoms with Gasteiger partial charge in [0.2, 0.25) is 0 Å². The predicted octanol–water partition coefficient (Wildman–Crippen LogP) is 4.22. The average molecular weight is 481 g/mol. The Balaban J connectivity index is 1.41. The number of piperazine rings is 1. The van der Waals surface area contributed by atoms with Gasteiger partial charge in [-0.15, -0.1) is 0 Å². The Hall–Kier alpha value is -1.31. The molecule has 31 heavy (non-hydrogen) atoms. The van der Waals surface area contributed by atoms with E-state index < -0.39 is 9.84 Å². The van der Waals surface area contributed by atoms with E-state index in [-0.39, 0.29) is 17.0 Å². The van der Waals surface area contributed by atoms with Crippen molar-refractivity contribution in [3.8, 4) is 5.75 Å². The van der Waals surface area contributed by atoms with Crippen molar-refractivity contribution in [1.29, 1.82) is 0 Å². The molecule has 166 valence electrons. The summed E-state index contributed by atoms with van der Waals surface area (Å²) in [5, 5.41) is 1.28. The SMILES string of the molecule is CS(=O)(=O)c1ccc(O[C@@H]2c3cc(Cl)cc(Cl)c3C[C@@H]2N2CCN(C3CC3)CC2)cc1. The third kappa shape index (κ3) is 4.46. The summed E-state index contributed by atoms with van der Waals surface area (Å²) < 4.78 is 30.0. The second kappa shape index (κ2) is 8.23. The Bertz CT molecular complexity index is 1080. The van der Waals surface area contributed by atoms with Gasteiger partial charge in [0.05, 0.1) is 10.9 Å². The summed E-state index contributed by atoms with van der Waals surface area (Å²) in [7, 11) is -3.25. The van der Waals surface area contributed by atoms with Crippen LogP contribution < -0.4 is 4.74 Å². The molecular formula is C23H26Cl2N2O3S. The number of benzene rings is 2. The van der Waals surface area contributed by atoms with Crippen molar-refractivity contribution >= 4 is 33.0 Å². The maximum Gasteiger partial charge on any atom is 0.175 e. The molecule has 0 spiro atoms. The molecule has 1 saturated carbocycles. The first-order valence-electron chi connectivity index (χ1n) is 10.7. The van der Waals surface area contributed by atoms with Gasteiger partial charge in [-0.1, -0.05) is 23.2 Å². The molecule has 0 aromatic heterocycles. The van der Waals surface area contributed by atoms with E-state index in [1.807, 2.05) is 6.07 Å². The Morgan fingerprint density at radius 2 is 1.61 bits per heavy atom. The number of nitrogens with zero attached hydrogens (tertiary/aromatic N) is 2. The molecule has 2 aromatic rings. The molecule has 3 aliphatic rings. The highest BCUT2D eigenvalue weighted by atomic mass is 35.5. The summed E-state index contributed by atoms with van der Waals surface area (Å²) in [5.41, 5.74) is 2.12. The second-order valence-electron chi connectivity index (χ2n) is 8.81. The molecule has 2 fully saturated rings. The lowest BCUT2D eigenvalue weighted by molar-refractivity contribution is 0.0367. The van der Waals surface area contributed by atoms with Crippen LogP contribution >= 0.6 is 23.2 Å². The molecule has 2 aromatic carbocycles. The molecule has 0 amide bonds. The van der Waals surface area contributed by atoms with Crippen LogP contribution in [0.3, 0.4) is 0 Å². The molecule has 5 nitrogen and oxygen atoms in total. The molecule has 1 saturated heterocycles. The normalized spacial score (nSPS) is 24.9.